The third-order valence-electron chi connectivity index (χ3n) is 13.3. The van der Waals surface area contributed by atoms with Crippen LogP contribution in [0.25, 0.3) is 6.08 Å². The maximum atomic E-state index is 11.3. The van der Waals surface area contributed by atoms with Crippen molar-refractivity contribution in [2.24, 2.45) is 23.5 Å². The molecule has 0 unspecified atom stereocenters. The van der Waals surface area contributed by atoms with E-state index in [1.54, 1.807) is 13.0 Å². The van der Waals surface area contributed by atoms with Crippen molar-refractivity contribution in [2.75, 3.05) is 19.7 Å². The minimum absolute atomic E-state index is 0.000736. The van der Waals surface area contributed by atoms with Gasteiger partial charge in [0, 0.05) is 60.8 Å². The van der Waals surface area contributed by atoms with Crippen molar-refractivity contribution < 1.29 is 34.7 Å². The Kier molecular flexibility index (Phi) is 15.1. The Hall–Kier alpha value is -3.90. The standard InChI is InChI=1S/C49H67N3O7/c1-31(54)27-51-28-42-39-13-8-10-33(39)19-21-43-41(42)26-44(52-43)46(56)30-58-48-23-32(16-22-45(48)55)15-20-38-25-36(29-53)47(59-38)14-5-3-2-4-11-37(50)24-35-18-17-34-9-6-7-12-40(34)49(35)57/h6-7,9,12,16-18,22-23,25-26,31,33,35,37,39,42,46,49,51-57H,2-5,8,10-11,13-15,19-21,24,27-30,50H2,1H3/t31-,33+,35-,37-,39-,42-,46-,49-/m0/s1. The summed E-state index contributed by atoms with van der Waals surface area (Å²) in [7, 11) is 0. The molecule has 0 spiro atoms. The van der Waals surface area contributed by atoms with Gasteiger partial charge in [-0.05, 0) is 110 Å². The Morgan fingerprint density at radius 2 is 1.81 bits per heavy atom. The monoisotopic (exact) mass is 809 g/mol. The van der Waals surface area contributed by atoms with Crippen LogP contribution in [0, 0.1) is 17.8 Å². The van der Waals surface area contributed by atoms with E-state index in [9.17, 15) is 25.5 Å². The number of hydrogen-bond donors (Lipinski definition) is 8. The summed E-state index contributed by atoms with van der Waals surface area (Å²) in [6.45, 7) is 3.11. The summed E-state index contributed by atoms with van der Waals surface area (Å²) in [6, 6.07) is 17.4. The lowest BCUT2D eigenvalue weighted by Gasteiger charge is -2.27. The molecule has 3 aliphatic carbocycles. The number of aromatic amines is 1. The number of ether oxygens (including phenoxy) is 1. The Bertz CT molecular complexity index is 1970. The molecule has 2 heterocycles. The number of aromatic nitrogens is 1. The third-order valence-corrected chi connectivity index (χ3v) is 13.3. The van der Waals surface area contributed by atoms with Crippen molar-refractivity contribution in [2.45, 2.75) is 134 Å². The molecule has 10 nitrogen and oxygen atoms in total. The van der Waals surface area contributed by atoms with Crippen molar-refractivity contribution in [3.8, 4) is 11.5 Å². The molecule has 320 valence electrons. The predicted octanol–water partition coefficient (Wildman–Crippen LogP) is 7.71. The Balaban J connectivity index is 0.851. The van der Waals surface area contributed by atoms with Crippen LogP contribution in [0.1, 0.15) is 140 Å². The van der Waals surface area contributed by atoms with Gasteiger partial charge in [0.2, 0.25) is 0 Å². The fourth-order valence-electron chi connectivity index (χ4n) is 10.0. The molecule has 10 heteroatoms. The number of nitrogens with two attached hydrogens (primary N) is 1. The van der Waals surface area contributed by atoms with Gasteiger partial charge in [-0.2, -0.15) is 0 Å². The summed E-state index contributed by atoms with van der Waals surface area (Å²) < 4.78 is 12.3. The SMILES string of the molecule is C[C@H](O)CNC[C@@H]1c2cc([C@@H](O)COc3cc(CCc4cc(CO)c(CCCCCC[C@H](N)C[C@@H]5C=Cc6ccccc6[C@H]5O)o4)ccc3O)[nH]c2CC[C@H]2CCC[C@@H]21. The molecular formula is C49H67N3O7. The number of rotatable bonds is 21. The average molecular weight is 810 g/mol. The maximum Gasteiger partial charge on any atom is 0.161 e. The minimum atomic E-state index is -0.885. The zero-order valence-corrected chi connectivity index (χ0v) is 34.8. The van der Waals surface area contributed by atoms with Gasteiger partial charge in [-0.25, -0.2) is 0 Å². The Labute approximate surface area is 349 Å². The van der Waals surface area contributed by atoms with Crippen molar-refractivity contribution in [3.63, 3.8) is 0 Å². The van der Waals surface area contributed by atoms with Crippen LogP contribution in [0.15, 0.2) is 65.1 Å². The van der Waals surface area contributed by atoms with Crippen LogP contribution in [0.4, 0.5) is 0 Å². The van der Waals surface area contributed by atoms with Crippen LogP contribution in [0.3, 0.4) is 0 Å². The number of aliphatic hydroxyl groups is 4. The highest BCUT2D eigenvalue weighted by molar-refractivity contribution is 5.57. The van der Waals surface area contributed by atoms with Crippen LogP contribution in [0.2, 0.25) is 0 Å². The highest BCUT2D eigenvalue weighted by Crippen LogP contribution is 2.47. The molecule has 59 heavy (non-hydrogen) atoms. The van der Waals surface area contributed by atoms with Crippen molar-refractivity contribution in [1.82, 2.24) is 10.3 Å². The Morgan fingerprint density at radius 1 is 0.966 bits per heavy atom. The first-order chi connectivity index (χ1) is 28.7. The summed E-state index contributed by atoms with van der Waals surface area (Å²) in [5.41, 5.74) is 13.6. The normalized spacial score (nSPS) is 22.6. The second kappa shape index (κ2) is 20.6. The molecule has 0 saturated heterocycles. The van der Waals surface area contributed by atoms with Crippen LogP contribution in [0.5, 0.6) is 11.5 Å². The van der Waals surface area contributed by atoms with E-state index in [-0.39, 0.29) is 30.9 Å². The number of fused-ring (bicyclic) bond motifs is 3. The summed E-state index contributed by atoms with van der Waals surface area (Å²) in [5.74, 6) is 3.72. The molecule has 9 N–H and O–H groups in total. The molecule has 1 fully saturated rings. The molecule has 0 aliphatic heterocycles. The zero-order chi connectivity index (χ0) is 41.3. The third kappa shape index (κ3) is 11.1. The quantitative estimate of drug-likeness (QED) is 0.0392. The number of unbranched alkanes of at least 4 members (excludes halogenated alkanes) is 3. The van der Waals surface area contributed by atoms with Crippen molar-refractivity contribution in [1.29, 1.82) is 0 Å². The first-order valence-corrected chi connectivity index (χ1v) is 22.3. The number of nitrogens with one attached hydrogen (secondary N) is 2. The second-order valence-corrected chi connectivity index (χ2v) is 17.7. The maximum absolute atomic E-state index is 11.3. The highest BCUT2D eigenvalue weighted by Gasteiger charge is 2.38. The zero-order valence-electron chi connectivity index (χ0n) is 34.8. The van der Waals surface area contributed by atoms with Crippen LogP contribution >= 0.6 is 0 Å². The van der Waals surface area contributed by atoms with E-state index in [2.05, 4.69) is 28.5 Å². The molecule has 0 radical (unpaired) electrons. The molecule has 2 aromatic carbocycles. The lowest BCUT2D eigenvalue weighted by Crippen LogP contribution is -2.32. The number of benzene rings is 2. The smallest absolute Gasteiger partial charge is 0.161 e. The molecule has 8 atom stereocenters. The number of aliphatic hydroxyl groups excluding tert-OH is 4. The molecule has 1 saturated carbocycles. The fraction of sp³-hybridized carbons (Fsp3) is 0.551. The highest BCUT2D eigenvalue weighted by atomic mass is 16.5. The minimum Gasteiger partial charge on any atom is -0.504 e. The van der Waals surface area contributed by atoms with Crippen LogP contribution in [-0.4, -0.2) is 62.4 Å². The lowest BCUT2D eigenvalue weighted by atomic mass is 9.80. The number of furan rings is 1. The van der Waals surface area contributed by atoms with Gasteiger partial charge in [-0.15, -0.1) is 0 Å². The van der Waals surface area contributed by atoms with Gasteiger partial charge in [-0.3, -0.25) is 0 Å². The largest absolute Gasteiger partial charge is 0.504 e. The lowest BCUT2D eigenvalue weighted by molar-refractivity contribution is 0.103. The van der Waals surface area contributed by atoms with E-state index in [1.165, 1.54) is 30.5 Å². The van der Waals surface area contributed by atoms with E-state index in [4.69, 9.17) is 14.9 Å². The van der Waals surface area contributed by atoms with E-state index >= 15 is 0 Å². The topological polar surface area (TPSA) is 177 Å². The van der Waals surface area contributed by atoms with E-state index in [0.717, 1.165) is 110 Å². The van der Waals surface area contributed by atoms with Crippen LogP contribution in [-0.2, 0) is 32.3 Å². The molecule has 0 bridgehead atoms. The van der Waals surface area contributed by atoms with Gasteiger partial charge >= 0.3 is 0 Å². The molecular weight excluding hydrogens is 743 g/mol. The molecule has 2 aromatic heterocycles. The first kappa shape index (κ1) is 43.2. The summed E-state index contributed by atoms with van der Waals surface area (Å²) in [4.78, 5) is 3.53. The van der Waals surface area contributed by atoms with Gasteiger partial charge in [-0.1, -0.05) is 74.6 Å². The number of aryl methyl sites for hydroxylation is 4. The summed E-state index contributed by atoms with van der Waals surface area (Å²) in [5, 5.41) is 56.2. The van der Waals surface area contributed by atoms with Gasteiger partial charge < -0.3 is 50.7 Å². The molecule has 3 aliphatic rings. The number of aromatic hydroxyl groups is 1. The van der Waals surface area contributed by atoms with Gasteiger partial charge in [0.05, 0.1) is 18.8 Å². The second-order valence-electron chi connectivity index (χ2n) is 17.7. The van der Waals surface area contributed by atoms with Crippen LogP contribution < -0.4 is 15.8 Å². The van der Waals surface area contributed by atoms with Crippen molar-refractivity contribution >= 4 is 6.08 Å². The molecule has 7 rings (SSSR count). The predicted molar refractivity (Wildman–Crippen MR) is 231 cm³/mol. The van der Waals surface area contributed by atoms with Gasteiger partial charge in [0.25, 0.3) is 0 Å². The average Bonchev–Trinajstić information content (AvgIpc) is 3.97. The molecule has 4 aromatic rings. The molecule has 0 amide bonds. The number of phenols is 1. The number of hydrogen-bond acceptors (Lipinski definition) is 9. The van der Waals surface area contributed by atoms with Gasteiger partial charge in [0.15, 0.2) is 11.5 Å². The number of H-pyrrole nitrogens is 1. The first-order valence-electron chi connectivity index (χ1n) is 22.3. The van der Waals surface area contributed by atoms with Gasteiger partial charge in [0.1, 0.15) is 24.2 Å². The Morgan fingerprint density at radius 3 is 2.66 bits per heavy atom. The summed E-state index contributed by atoms with van der Waals surface area (Å²) >= 11 is 0. The van der Waals surface area contributed by atoms with E-state index in [0.29, 0.717) is 37.0 Å². The van der Waals surface area contributed by atoms with E-state index < -0.39 is 18.3 Å². The van der Waals surface area contributed by atoms with Crippen molar-refractivity contribution in [3.05, 3.63) is 111 Å². The fourth-order valence-corrected chi connectivity index (χ4v) is 10.0. The summed E-state index contributed by atoms with van der Waals surface area (Å²) in [6.07, 6.45) is 16.2. The van der Waals surface area contributed by atoms with E-state index in [1.807, 2.05) is 42.5 Å². The number of phenolic OH excluding ortho intramolecular Hbond substituents is 1.